The van der Waals surface area contributed by atoms with E-state index in [2.05, 4.69) is 48.0 Å². The Morgan fingerprint density at radius 1 is 0.941 bits per heavy atom. The normalized spacial score (nSPS) is 10.8. The van der Waals surface area contributed by atoms with Crippen LogP contribution in [0.15, 0.2) is 22.7 Å². The highest BCUT2D eigenvalue weighted by atomic mass is 79.9. The van der Waals surface area contributed by atoms with Gasteiger partial charge in [-0.15, -0.1) is 0 Å². The Morgan fingerprint density at radius 2 is 1.59 bits per heavy atom. The molecule has 0 N–H and O–H groups in total. The summed E-state index contributed by atoms with van der Waals surface area (Å²) in [7, 11) is 0. The Morgan fingerprint density at radius 3 is 2.24 bits per heavy atom. The zero-order valence-corrected chi connectivity index (χ0v) is 12.9. The fourth-order valence-corrected chi connectivity index (χ4v) is 2.50. The van der Waals surface area contributed by atoms with Crippen LogP contribution in [0.4, 0.5) is 0 Å². The lowest BCUT2D eigenvalue weighted by Crippen LogP contribution is -1.87. The van der Waals surface area contributed by atoms with Crippen LogP contribution in [0.1, 0.15) is 63.0 Å². The lowest BCUT2D eigenvalue weighted by Gasteiger charge is -2.04. The van der Waals surface area contributed by atoms with Gasteiger partial charge in [0, 0.05) is 4.47 Å². The first-order chi connectivity index (χ1) is 8.24. The molecule has 0 fully saturated rings. The molecular formula is C16H25Br. The minimum Gasteiger partial charge on any atom is -0.0654 e. The molecule has 0 aliphatic carbocycles. The summed E-state index contributed by atoms with van der Waals surface area (Å²) in [4.78, 5) is 0. The van der Waals surface area contributed by atoms with Crippen LogP contribution in [0, 0.1) is 6.92 Å². The van der Waals surface area contributed by atoms with Crippen LogP contribution >= 0.6 is 15.9 Å². The molecule has 0 aromatic heterocycles. The summed E-state index contributed by atoms with van der Waals surface area (Å²) in [5.74, 6) is 0. The van der Waals surface area contributed by atoms with Crippen LogP contribution in [0.25, 0.3) is 0 Å². The van der Waals surface area contributed by atoms with E-state index >= 15 is 0 Å². The highest BCUT2D eigenvalue weighted by molar-refractivity contribution is 9.10. The summed E-state index contributed by atoms with van der Waals surface area (Å²) in [5, 5.41) is 0. The van der Waals surface area contributed by atoms with Crippen LogP contribution in [0.2, 0.25) is 0 Å². The summed E-state index contributed by atoms with van der Waals surface area (Å²) >= 11 is 3.60. The third-order valence-electron chi connectivity index (χ3n) is 3.31. The first kappa shape index (κ1) is 14.8. The molecule has 17 heavy (non-hydrogen) atoms. The van der Waals surface area contributed by atoms with E-state index in [1.165, 1.54) is 67.0 Å². The van der Waals surface area contributed by atoms with Crippen LogP contribution in [0.3, 0.4) is 0 Å². The van der Waals surface area contributed by atoms with Crippen molar-refractivity contribution < 1.29 is 0 Å². The minimum absolute atomic E-state index is 1.23. The Balaban J connectivity index is 2.11. The fourth-order valence-electron chi connectivity index (χ4n) is 2.08. The van der Waals surface area contributed by atoms with Crippen LogP contribution in [0.5, 0.6) is 0 Å². The average molecular weight is 297 g/mol. The van der Waals surface area contributed by atoms with Crippen molar-refractivity contribution in [3.05, 3.63) is 33.8 Å². The lowest BCUT2D eigenvalue weighted by atomic mass is 10.0. The molecule has 1 aromatic carbocycles. The van der Waals surface area contributed by atoms with Gasteiger partial charge in [0.15, 0.2) is 0 Å². The predicted octanol–water partition coefficient (Wildman–Crippen LogP) is 6.05. The third-order valence-corrected chi connectivity index (χ3v) is 4.16. The van der Waals surface area contributed by atoms with Crippen molar-refractivity contribution in [3.8, 4) is 0 Å². The van der Waals surface area contributed by atoms with Crippen LogP contribution in [-0.2, 0) is 6.42 Å². The number of hydrogen-bond acceptors (Lipinski definition) is 0. The number of aryl methyl sites for hydroxylation is 2. The van der Waals surface area contributed by atoms with Gasteiger partial charge in [-0.05, 0) is 37.0 Å². The molecule has 0 amide bonds. The molecule has 0 heterocycles. The van der Waals surface area contributed by atoms with E-state index in [4.69, 9.17) is 0 Å². The van der Waals surface area contributed by atoms with Crippen molar-refractivity contribution >= 4 is 15.9 Å². The summed E-state index contributed by atoms with van der Waals surface area (Å²) < 4.78 is 1.25. The van der Waals surface area contributed by atoms with Gasteiger partial charge in [0.1, 0.15) is 0 Å². The Kier molecular flexibility index (Phi) is 7.59. The van der Waals surface area contributed by atoms with Gasteiger partial charge >= 0.3 is 0 Å². The highest BCUT2D eigenvalue weighted by Gasteiger charge is 1.98. The highest BCUT2D eigenvalue weighted by Crippen LogP contribution is 2.19. The topological polar surface area (TPSA) is 0 Å². The molecular weight excluding hydrogens is 272 g/mol. The third kappa shape index (κ3) is 6.26. The van der Waals surface area contributed by atoms with E-state index < -0.39 is 0 Å². The van der Waals surface area contributed by atoms with Gasteiger partial charge in [0.05, 0.1) is 0 Å². The molecule has 0 saturated carbocycles. The van der Waals surface area contributed by atoms with Gasteiger partial charge < -0.3 is 0 Å². The first-order valence-electron chi connectivity index (χ1n) is 6.99. The summed E-state index contributed by atoms with van der Waals surface area (Å²) in [6, 6.07) is 6.74. The lowest BCUT2D eigenvalue weighted by molar-refractivity contribution is 0.589. The van der Waals surface area contributed by atoms with Gasteiger partial charge in [0.2, 0.25) is 0 Å². The second-order valence-corrected chi connectivity index (χ2v) is 5.81. The van der Waals surface area contributed by atoms with Crippen LogP contribution in [-0.4, -0.2) is 0 Å². The van der Waals surface area contributed by atoms with Crippen molar-refractivity contribution in [1.29, 1.82) is 0 Å². The SMILES string of the molecule is CCCCCCCCCc1ccc(C)c(Br)c1. The summed E-state index contributed by atoms with van der Waals surface area (Å²) in [6.45, 7) is 4.41. The number of benzene rings is 1. The molecule has 0 saturated heterocycles. The maximum Gasteiger partial charge on any atom is 0.0207 e. The molecule has 0 aliphatic rings. The Hall–Kier alpha value is -0.300. The second kappa shape index (κ2) is 8.74. The first-order valence-corrected chi connectivity index (χ1v) is 7.78. The van der Waals surface area contributed by atoms with Gasteiger partial charge in [-0.25, -0.2) is 0 Å². The number of unbranched alkanes of at least 4 members (excludes halogenated alkanes) is 6. The monoisotopic (exact) mass is 296 g/mol. The smallest absolute Gasteiger partial charge is 0.0207 e. The Bertz CT molecular complexity index is 317. The fraction of sp³-hybridized carbons (Fsp3) is 0.625. The number of rotatable bonds is 8. The number of halogens is 1. The second-order valence-electron chi connectivity index (χ2n) is 4.95. The predicted molar refractivity (Wildman–Crippen MR) is 80.6 cm³/mol. The van der Waals surface area contributed by atoms with Crippen molar-refractivity contribution in [2.45, 2.75) is 65.2 Å². The number of hydrogen-bond donors (Lipinski definition) is 0. The van der Waals surface area contributed by atoms with E-state index in [-0.39, 0.29) is 0 Å². The molecule has 1 rings (SSSR count). The van der Waals surface area contributed by atoms with E-state index in [1.54, 1.807) is 0 Å². The molecule has 0 radical (unpaired) electrons. The van der Waals surface area contributed by atoms with Crippen molar-refractivity contribution in [2.24, 2.45) is 0 Å². The minimum atomic E-state index is 1.23. The zero-order chi connectivity index (χ0) is 12.5. The quantitative estimate of drug-likeness (QED) is 0.512. The summed E-state index contributed by atoms with van der Waals surface area (Å²) in [6.07, 6.45) is 11.0. The molecule has 1 aromatic rings. The van der Waals surface area contributed by atoms with Gasteiger partial charge in [0.25, 0.3) is 0 Å². The molecule has 0 bridgehead atoms. The van der Waals surface area contributed by atoms with Gasteiger partial charge in [-0.1, -0.05) is 73.5 Å². The van der Waals surface area contributed by atoms with E-state index in [1.807, 2.05) is 0 Å². The maximum absolute atomic E-state index is 3.60. The molecule has 0 aliphatic heterocycles. The van der Waals surface area contributed by atoms with E-state index in [0.717, 1.165) is 0 Å². The molecule has 0 atom stereocenters. The van der Waals surface area contributed by atoms with Crippen molar-refractivity contribution in [3.63, 3.8) is 0 Å². The van der Waals surface area contributed by atoms with E-state index in [9.17, 15) is 0 Å². The molecule has 0 nitrogen and oxygen atoms in total. The molecule has 96 valence electrons. The van der Waals surface area contributed by atoms with Gasteiger partial charge in [-0.2, -0.15) is 0 Å². The van der Waals surface area contributed by atoms with Crippen molar-refractivity contribution in [2.75, 3.05) is 0 Å². The summed E-state index contributed by atoms with van der Waals surface area (Å²) in [5.41, 5.74) is 2.80. The molecule has 0 spiro atoms. The van der Waals surface area contributed by atoms with Crippen LogP contribution < -0.4 is 0 Å². The Labute approximate surface area is 115 Å². The zero-order valence-electron chi connectivity index (χ0n) is 11.3. The van der Waals surface area contributed by atoms with Crippen molar-refractivity contribution in [1.82, 2.24) is 0 Å². The standard InChI is InChI=1S/C16H25Br/c1-3-4-5-6-7-8-9-10-15-12-11-14(2)16(17)13-15/h11-13H,3-10H2,1-2H3. The largest absolute Gasteiger partial charge is 0.0654 e. The van der Waals surface area contributed by atoms with Gasteiger partial charge in [-0.3, -0.25) is 0 Å². The van der Waals surface area contributed by atoms with E-state index in [0.29, 0.717) is 0 Å². The molecule has 1 heteroatoms. The average Bonchev–Trinajstić information content (AvgIpc) is 2.32. The maximum atomic E-state index is 3.60. The molecule has 0 unspecified atom stereocenters.